The Bertz CT molecular complexity index is 1640. The van der Waals surface area contributed by atoms with E-state index in [4.69, 9.17) is 21.3 Å². The lowest BCUT2D eigenvalue weighted by Crippen LogP contribution is -2.65. The lowest BCUT2D eigenvalue weighted by molar-refractivity contribution is -0.184. The summed E-state index contributed by atoms with van der Waals surface area (Å²) in [6.45, 7) is 17.6. The highest BCUT2D eigenvalue weighted by atomic mass is 35.5. The first-order chi connectivity index (χ1) is 21.7. The van der Waals surface area contributed by atoms with Crippen LogP contribution in [-0.2, 0) is 28.0 Å². The molecule has 2 aromatic rings. The van der Waals surface area contributed by atoms with Crippen molar-refractivity contribution in [1.82, 2.24) is 4.98 Å². The van der Waals surface area contributed by atoms with Crippen LogP contribution in [0.15, 0.2) is 48.0 Å². The summed E-state index contributed by atoms with van der Waals surface area (Å²) in [6.07, 6.45) is 10.9. The molecule has 46 heavy (non-hydrogen) atoms. The van der Waals surface area contributed by atoms with Crippen molar-refractivity contribution < 1.29 is 9.53 Å². The minimum absolute atomic E-state index is 0.0174. The largest absolute Gasteiger partial charge is 0.460 e. The summed E-state index contributed by atoms with van der Waals surface area (Å²) in [4.78, 5) is 19.2. The fraction of sp³-hybridized carbons (Fsp3) is 0.634. The van der Waals surface area contributed by atoms with Crippen LogP contribution in [0.1, 0.15) is 116 Å². The van der Waals surface area contributed by atoms with E-state index in [2.05, 4.69) is 60.6 Å². The number of halogens is 1. The highest BCUT2D eigenvalue weighted by Crippen LogP contribution is 2.75. The van der Waals surface area contributed by atoms with E-state index in [9.17, 15) is 10.1 Å². The average Bonchev–Trinajstić information content (AvgIpc) is 3.02. The minimum Gasteiger partial charge on any atom is -0.460 e. The smallest absolute Gasteiger partial charge is 0.313 e. The average molecular weight is 639 g/mol. The number of ether oxygens (including phenoxy) is 1. The van der Waals surface area contributed by atoms with Crippen molar-refractivity contribution >= 4 is 17.6 Å². The maximum Gasteiger partial charge on any atom is 0.313 e. The number of pyridine rings is 1. The Balaban J connectivity index is 1.28. The standard InChI is InChI=1S/C41H51ClN2O2/c1-25-15-18-41(36(45)46-24-27-11-9-8-10-12-27)20-19-39(6)30(33(41)26(25)2)13-14-32-38(5)22-28-21-29(23-43)35(42)44-34(28)37(3,4)31(38)16-17-40(32,39)7/h8-13,21,25-26,31-33H,14-20,22,24H2,1-7H3/t25-,26+,31+,32-,33+,38+,39-,40-,41+/m1/s1. The highest BCUT2D eigenvalue weighted by Gasteiger charge is 2.69. The van der Waals surface area contributed by atoms with Crippen LogP contribution in [0.3, 0.4) is 0 Å². The number of hydrogen-bond acceptors (Lipinski definition) is 4. The van der Waals surface area contributed by atoms with Crippen molar-refractivity contribution in [2.75, 3.05) is 0 Å². The Hall–Kier alpha value is -2.64. The number of fused-ring (bicyclic) bond motifs is 8. The van der Waals surface area contributed by atoms with Gasteiger partial charge in [0.05, 0.1) is 16.7 Å². The van der Waals surface area contributed by atoms with Gasteiger partial charge < -0.3 is 4.74 Å². The lowest BCUT2D eigenvalue weighted by atomic mass is 9.33. The van der Waals surface area contributed by atoms with Gasteiger partial charge in [0.2, 0.25) is 0 Å². The van der Waals surface area contributed by atoms with Gasteiger partial charge in [-0.2, -0.15) is 5.26 Å². The number of hydrogen-bond donors (Lipinski definition) is 0. The zero-order valence-corrected chi connectivity index (χ0v) is 29.6. The van der Waals surface area contributed by atoms with Crippen LogP contribution >= 0.6 is 11.6 Å². The molecule has 244 valence electrons. The lowest BCUT2D eigenvalue weighted by Gasteiger charge is -2.71. The van der Waals surface area contributed by atoms with Gasteiger partial charge in [-0.05, 0) is 114 Å². The van der Waals surface area contributed by atoms with Gasteiger partial charge in [-0.3, -0.25) is 4.79 Å². The van der Waals surface area contributed by atoms with Crippen molar-refractivity contribution in [2.45, 2.75) is 112 Å². The second kappa shape index (κ2) is 10.7. The number of nitrogens with zero attached hydrogens (tertiary/aromatic N) is 2. The fourth-order valence-corrected chi connectivity index (χ4v) is 12.6. The van der Waals surface area contributed by atoms with Crippen LogP contribution < -0.4 is 0 Å². The minimum atomic E-state index is -0.444. The van der Waals surface area contributed by atoms with Crippen LogP contribution in [0.2, 0.25) is 5.15 Å². The molecule has 4 nitrogen and oxygen atoms in total. The number of aromatic nitrogens is 1. The Kier molecular flexibility index (Phi) is 7.42. The Morgan fingerprint density at radius 1 is 1.02 bits per heavy atom. The molecular formula is C41H51ClN2O2. The molecule has 5 aliphatic carbocycles. The Morgan fingerprint density at radius 2 is 1.76 bits per heavy atom. The van der Waals surface area contributed by atoms with Gasteiger partial charge in [-0.25, -0.2) is 4.98 Å². The monoisotopic (exact) mass is 638 g/mol. The van der Waals surface area contributed by atoms with E-state index in [1.807, 2.05) is 36.4 Å². The first kappa shape index (κ1) is 31.9. The molecule has 3 fully saturated rings. The molecule has 1 heterocycles. The van der Waals surface area contributed by atoms with Gasteiger partial charge >= 0.3 is 5.97 Å². The molecule has 1 aromatic carbocycles. The van der Waals surface area contributed by atoms with Crippen LogP contribution in [-0.4, -0.2) is 11.0 Å². The molecular weight excluding hydrogens is 588 g/mol. The number of rotatable bonds is 3. The van der Waals surface area contributed by atoms with E-state index in [1.54, 1.807) is 5.57 Å². The summed E-state index contributed by atoms with van der Waals surface area (Å²) in [5.41, 5.74) is 4.99. The number of esters is 1. The molecule has 0 bridgehead atoms. The topological polar surface area (TPSA) is 63.0 Å². The maximum absolute atomic E-state index is 14.3. The van der Waals surface area contributed by atoms with Gasteiger partial charge in [0.25, 0.3) is 0 Å². The van der Waals surface area contributed by atoms with Gasteiger partial charge in [-0.1, -0.05) is 102 Å². The first-order valence-electron chi connectivity index (χ1n) is 17.7. The second-order valence-electron chi connectivity index (χ2n) is 17.2. The predicted octanol–water partition coefficient (Wildman–Crippen LogP) is 10.0. The SMILES string of the molecule is C[C@H]1[C@H](C)CC[C@]2(C(=O)OCc3ccccc3)CC[C@]3(C)C(=CC[C@@H]4[C@@]5(C)Cc6cc(C#N)c(Cl)nc6C(C)(C)[C@@H]5CC[C@]43C)[C@H]12. The van der Waals surface area contributed by atoms with Crippen molar-refractivity contribution in [3.8, 4) is 6.07 Å². The number of carbonyl (C=O) groups is 1. The molecule has 3 saturated carbocycles. The molecule has 0 N–H and O–H groups in total. The predicted molar refractivity (Wildman–Crippen MR) is 183 cm³/mol. The maximum atomic E-state index is 14.3. The van der Waals surface area contributed by atoms with E-state index in [0.717, 1.165) is 56.2 Å². The third-order valence-corrected chi connectivity index (χ3v) is 15.4. The molecule has 9 atom stereocenters. The molecule has 0 saturated heterocycles. The molecule has 0 spiro atoms. The fourth-order valence-electron chi connectivity index (χ4n) is 12.4. The second-order valence-corrected chi connectivity index (χ2v) is 17.6. The summed E-state index contributed by atoms with van der Waals surface area (Å²) in [5.74, 6) is 2.22. The summed E-state index contributed by atoms with van der Waals surface area (Å²) < 4.78 is 6.22. The molecule has 5 aliphatic rings. The van der Waals surface area contributed by atoms with Crippen molar-refractivity contribution in [3.05, 3.63) is 75.6 Å². The van der Waals surface area contributed by atoms with E-state index < -0.39 is 5.41 Å². The van der Waals surface area contributed by atoms with Gasteiger partial charge in [0.15, 0.2) is 0 Å². The number of allylic oxidation sites excluding steroid dienone is 2. The van der Waals surface area contributed by atoms with Gasteiger partial charge in [-0.15, -0.1) is 0 Å². The third-order valence-electron chi connectivity index (χ3n) is 15.1. The van der Waals surface area contributed by atoms with Gasteiger partial charge in [0, 0.05) is 5.41 Å². The van der Waals surface area contributed by atoms with Crippen LogP contribution in [0, 0.1) is 62.6 Å². The normalized spacial score (nSPS) is 40.5. The molecule has 0 radical (unpaired) electrons. The summed E-state index contributed by atoms with van der Waals surface area (Å²) in [6, 6.07) is 14.4. The van der Waals surface area contributed by atoms with E-state index in [1.165, 1.54) is 12.0 Å². The third kappa shape index (κ3) is 4.22. The Morgan fingerprint density at radius 3 is 2.48 bits per heavy atom. The number of nitriles is 1. The number of benzene rings is 1. The summed E-state index contributed by atoms with van der Waals surface area (Å²) >= 11 is 6.51. The van der Waals surface area contributed by atoms with Crippen LogP contribution in [0.5, 0.6) is 0 Å². The molecule has 0 amide bonds. The zero-order chi connectivity index (χ0) is 32.9. The number of carbonyl (C=O) groups excluding carboxylic acids is 1. The molecule has 0 unspecified atom stereocenters. The Labute approximate surface area is 281 Å². The molecule has 7 rings (SSSR count). The van der Waals surface area contributed by atoms with E-state index in [0.29, 0.717) is 41.0 Å². The van der Waals surface area contributed by atoms with Crippen LogP contribution in [0.25, 0.3) is 0 Å². The molecule has 1 aromatic heterocycles. The highest BCUT2D eigenvalue weighted by molar-refractivity contribution is 6.30. The zero-order valence-electron chi connectivity index (χ0n) is 28.9. The molecule has 5 heteroatoms. The quantitative estimate of drug-likeness (QED) is 0.191. The summed E-state index contributed by atoms with van der Waals surface area (Å²) in [5, 5.41) is 10.1. The van der Waals surface area contributed by atoms with Crippen molar-refractivity contribution in [3.63, 3.8) is 0 Å². The van der Waals surface area contributed by atoms with Gasteiger partial charge in [0.1, 0.15) is 17.8 Å². The van der Waals surface area contributed by atoms with Crippen LogP contribution in [0.4, 0.5) is 0 Å². The van der Waals surface area contributed by atoms with E-state index in [-0.39, 0.29) is 33.5 Å². The van der Waals surface area contributed by atoms with E-state index >= 15 is 0 Å². The molecule has 0 aliphatic heterocycles. The first-order valence-corrected chi connectivity index (χ1v) is 18.1. The van der Waals surface area contributed by atoms with Crippen molar-refractivity contribution in [2.24, 2.45) is 51.2 Å². The van der Waals surface area contributed by atoms with Crippen molar-refractivity contribution in [1.29, 1.82) is 5.26 Å². The summed E-state index contributed by atoms with van der Waals surface area (Å²) in [7, 11) is 0.